The second-order valence-corrected chi connectivity index (χ2v) is 9.93. The maximum absolute atomic E-state index is 13.2. The van der Waals surface area contributed by atoms with E-state index in [9.17, 15) is 19.7 Å². The van der Waals surface area contributed by atoms with E-state index in [-0.39, 0.29) is 17.3 Å². The fourth-order valence-electron chi connectivity index (χ4n) is 4.06. The number of nitrogens with one attached hydrogen (secondary N) is 1. The minimum absolute atomic E-state index is 0.0210. The number of carbonyl (C=O) groups is 2. The molecule has 5 rings (SSSR count). The first kappa shape index (κ1) is 22.9. The SMILES string of the molecule is CCOC(=O)N1CCc2c(sc(NC(=O)c3ccccc3[N+](=O)[O-])c2-c2nc3ccccc3s2)C1. The number of amides is 2. The summed E-state index contributed by atoms with van der Waals surface area (Å²) in [6.07, 6.45) is 0.204. The molecule has 9 nitrogen and oxygen atoms in total. The van der Waals surface area contributed by atoms with Gasteiger partial charge in [-0.2, -0.15) is 0 Å². The number of thiophene rings is 1. The average molecular weight is 509 g/mol. The van der Waals surface area contributed by atoms with Crippen molar-refractivity contribution in [2.45, 2.75) is 19.9 Å². The molecule has 1 N–H and O–H groups in total. The molecule has 178 valence electrons. The number of nitrogens with zero attached hydrogens (tertiary/aromatic N) is 3. The predicted octanol–water partition coefficient (Wildman–Crippen LogP) is 5.70. The second-order valence-electron chi connectivity index (χ2n) is 7.79. The summed E-state index contributed by atoms with van der Waals surface area (Å²) in [7, 11) is 0. The summed E-state index contributed by atoms with van der Waals surface area (Å²) in [5.74, 6) is -0.569. The van der Waals surface area contributed by atoms with Gasteiger partial charge in [-0.3, -0.25) is 14.9 Å². The van der Waals surface area contributed by atoms with Gasteiger partial charge in [0, 0.05) is 23.1 Å². The number of para-hydroxylation sites is 2. The molecule has 0 fully saturated rings. The van der Waals surface area contributed by atoms with E-state index in [1.807, 2.05) is 24.3 Å². The Kier molecular flexibility index (Phi) is 6.18. The Morgan fingerprint density at radius 3 is 2.71 bits per heavy atom. The number of nitro benzene ring substituents is 1. The van der Waals surface area contributed by atoms with Crippen molar-refractivity contribution in [2.75, 3.05) is 18.5 Å². The van der Waals surface area contributed by atoms with Crippen molar-refractivity contribution < 1.29 is 19.2 Å². The number of ether oxygens (including phenoxy) is 1. The lowest BCUT2D eigenvalue weighted by Crippen LogP contribution is -2.35. The number of fused-ring (bicyclic) bond motifs is 2. The van der Waals surface area contributed by atoms with Gasteiger partial charge >= 0.3 is 6.09 Å². The lowest BCUT2D eigenvalue weighted by atomic mass is 10.0. The highest BCUT2D eigenvalue weighted by molar-refractivity contribution is 7.23. The number of benzene rings is 2. The summed E-state index contributed by atoms with van der Waals surface area (Å²) in [5.41, 5.74) is 2.40. The Morgan fingerprint density at radius 2 is 1.94 bits per heavy atom. The first-order chi connectivity index (χ1) is 17.0. The number of hydrogen-bond donors (Lipinski definition) is 1. The molecule has 0 atom stereocenters. The first-order valence-corrected chi connectivity index (χ1v) is 12.6. The van der Waals surface area contributed by atoms with Crippen molar-refractivity contribution in [3.8, 4) is 10.6 Å². The van der Waals surface area contributed by atoms with Crippen molar-refractivity contribution in [1.29, 1.82) is 0 Å². The van der Waals surface area contributed by atoms with Crippen LogP contribution in [-0.4, -0.2) is 40.0 Å². The number of aromatic nitrogens is 1. The van der Waals surface area contributed by atoms with E-state index >= 15 is 0 Å². The third-order valence-corrected chi connectivity index (χ3v) is 7.85. The zero-order valence-corrected chi connectivity index (χ0v) is 20.3. The molecule has 11 heteroatoms. The molecule has 0 spiro atoms. The van der Waals surface area contributed by atoms with Crippen LogP contribution in [0.5, 0.6) is 0 Å². The number of nitro groups is 1. The largest absolute Gasteiger partial charge is 0.450 e. The summed E-state index contributed by atoms with van der Waals surface area (Å²) in [6.45, 7) is 2.90. The molecule has 0 saturated carbocycles. The average Bonchev–Trinajstić information content (AvgIpc) is 3.44. The van der Waals surface area contributed by atoms with Gasteiger partial charge in [0.25, 0.3) is 11.6 Å². The Morgan fingerprint density at radius 1 is 1.17 bits per heavy atom. The van der Waals surface area contributed by atoms with Crippen LogP contribution in [0.25, 0.3) is 20.8 Å². The van der Waals surface area contributed by atoms with Crippen LogP contribution >= 0.6 is 22.7 Å². The molecule has 1 aliphatic heterocycles. The summed E-state index contributed by atoms with van der Waals surface area (Å²) in [6, 6.07) is 13.6. The van der Waals surface area contributed by atoms with E-state index in [0.717, 1.165) is 31.2 Å². The van der Waals surface area contributed by atoms with Crippen molar-refractivity contribution in [2.24, 2.45) is 0 Å². The Balaban J connectivity index is 1.57. The number of anilines is 1. The maximum atomic E-state index is 13.2. The summed E-state index contributed by atoms with van der Waals surface area (Å²) in [4.78, 5) is 43.7. The van der Waals surface area contributed by atoms with Gasteiger partial charge in [-0.25, -0.2) is 9.78 Å². The molecule has 2 amide bonds. The topological polar surface area (TPSA) is 115 Å². The molecule has 0 bridgehead atoms. The van der Waals surface area contributed by atoms with Gasteiger partial charge < -0.3 is 15.0 Å². The molecule has 0 radical (unpaired) electrons. The van der Waals surface area contributed by atoms with Gasteiger partial charge in [-0.05, 0) is 37.1 Å². The third kappa shape index (κ3) is 4.35. The van der Waals surface area contributed by atoms with Crippen molar-refractivity contribution in [3.05, 3.63) is 74.6 Å². The summed E-state index contributed by atoms with van der Waals surface area (Å²) >= 11 is 2.88. The van der Waals surface area contributed by atoms with Crippen LogP contribution in [0.4, 0.5) is 15.5 Å². The summed E-state index contributed by atoms with van der Waals surface area (Å²) in [5, 5.41) is 15.7. The molecule has 35 heavy (non-hydrogen) atoms. The first-order valence-electron chi connectivity index (χ1n) is 10.9. The number of thiazole rings is 1. The highest BCUT2D eigenvalue weighted by atomic mass is 32.1. The van der Waals surface area contributed by atoms with E-state index in [4.69, 9.17) is 9.72 Å². The molecule has 0 saturated heterocycles. The maximum Gasteiger partial charge on any atom is 0.410 e. The van der Waals surface area contributed by atoms with Gasteiger partial charge in [-0.1, -0.05) is 24.3 Å². The zero-order chi connectivity index (χ0) is 24.5. The van der Waals surface area contributed by atoms with Crippen molar-refractivity contribution >= 4 is 55.6 Å². The van der Waals surface area contributed by atoms with Crippen LogP contribution in [0.1, 0.15) is 27.7 Å². The standard InChI is InChI=1S/C24H20N4O5S2/c1-2-33-24(30)27-12-11-15-19(13-27)35-23(20(15)22-25-16-8-4-6-10-18(16)34-22)26-21(29)14-7-3-5-9-17(14)28(31)32/h3-10H,2,11-13H2,1H3,(H,26,29). The number of rotatable bonds is 5. The number of carbonyl (C=O) groups excluding carboxylic acids is 2. The van der Waals surface area contributed by atoms with Crippen LogP contribution in [0.15, 0.2) is 48.5 Å². The van der Waals surface area contributed by atoms with Gasteiger partial charge in [-0.15, -0.1) is 22.7 Å². The van der Waals surface area contributed by atoms with E-state index < -0.39 is 10.8 Å². The quantitative estimate of drug-likeness (QED) is 0.273. The van der Waals surface area contributed by atoms with Crippen molar-refractivity contribution in [3.63, 3.8) is 0 Å². The van der Waals surface area contributed by atoms with E-state index in [0.29, 0.717) is 31.1 Å². The van der Waals surface area contributed by atoms with Gasteiger partial charge in [0.1, 0.15) is 15.6 Å². The van der Waals surface area contributed by atoms with E-state index in [1.165, 1.54) is 40.9 Å². The third-order valence-electron chi connectivity index (χ3n) is 5.66. The molecule has 2 aromatic heterocycles. The van der Waals surface area contributed by atoms with Crippen molar-refractivity contribution in [1.82, 2.24) is 9.88 Å². The molecule has 2 aromatic carbocycles. The lowest BCUT2D eigenvalue weighted by Gasteiger charge is -2.26. The molecule has 0 aliphatic carbocycles. The van der Waals surface area contributed by atoms with Crippen LogP contribution in [-0.2, 0) is 17.7 Å². The highest BCUT2D eigenvalue weighted by Gasteiger charge is 2.31. The van der Waals surface area contributed by atoms with E-state index in [2.05, 4.69) is 5.32 Å². The normalized spacial score (nSPS) is 12.9. The fourth-order valence-corrected chi connectivity index (χ4v) is 6.43. The lowest BCUT2D eigenvalue weighted by molar-refractivity contribution is -0.385. The molecule has 3 heterocycles. The van der Waals surface area contributed by atoms with Crippen LogP contribution in [0.3, 0.4) is 0 Å². The Labute approximate surface area is 208 Å². The minimum Gasteiger partial charge on any atom is -0.450 e. The monoisotopic (exact) mass is 508 g/mol. The van der Waals surface area contributed by atoms with Crippen LogP contribution in [0, 0.1) is 10.1 Å². The van der Waals surface area contributed by atoms with Gasteiger partial charge in [0.15, 0.2) is 0 Å². The van der Waals surface area contributed by atoms with Crippen LogP contribution < -0.4 is 5.32 Å². The molecule has 4 aromatic rings. The van der Waals surface area contributed by atoms with Gasteiger partial charge in [0.2, 0.25) is 0 Å². The Bertz CT molecular complexity index is 1430. The molecule has 0 unspecified atom stereocenters. The van der Waals surface area contributed by atoms with Gasteiger partial charge in [0.05, 0.1) is 28.3 Å². The van der Waals surface area contributed by atoms with Crippen LogP contribution in [0.2, 0.25) is 0 Å². The smallest absolute Gasteiger partial charge is 0.410 e. The molecular formula is C24H20N4O5S2. The second kappa shape index (κ2) is 9.43. The minimum atomic E-state index is -0.569. The van der Waals surface area contributed by atoms with E-state index in [1.54, 1.807) is 17.9 Å². The highest BCUT2D eigenvalue weighted by Crippen LogP contribution is 2.46. The fraction of sp³-hybridized carbons (Fsp3) is 0.208. The Hall–Kier alpha value is -3.83. The number of hydrogen-bond acceptors (Lipinski definition) is 8. The summed E-state index contributed by atoms with van der Waals surface area (Å²) < 4.78 is 6.18. The zero-order valence-electron chi connectivity index (χ0n) is 18.6. The molecule has 1 aliphatic rings. The predicted molar refractivity (Wildman–Crippen MR) is 135 cm³/mol. The molecular weight excluding hydrogens is 488 g/mol.